The standard InChI is InChI=1S/C51H84O22/c1-20(19-65-46-40(61)38(59)35(56)30(16-52)69-46)6-9-28-21(2)33-29(68-28)15-27-25-8-7-23-14-24(10-12-50(23,4)26(25)11-13-51(27,33)5)67-49-45(73-47-41(62)37(58)34(55)22(3)66-47)43(64)44(32(18-54)71-49)72-48-42(63)39(60)36(57)31(17-53)70-48/h20,22-27,29-49,52-64H,6-19H2,1-5H3/t20-,22+,23-,24+,25-,26+,27+,29+,30-,31-,32-,33+,34+,35-,36-,37-,38+,39+,40-,41-,42-,43+,44-,45-,46-,47-,48+,49-,50+,51+/m1/s1. The number of ether oxygens (including phenoxy) is 9. The molecule has 4 aliphatic carbocycles. The molecule has 0 amide bonds. The first kappa shape index (κ1) is 56.4. The molecule has 73 heavy (non-hydrogen) atoms. The van der Waals surface area contributed by atoms with Crippen LogP contribution in [0.4, 0.5) is 0 Å². The van der Waals surface area contributed by atoms with E-state index < -0.39 is 143 Å². The summed E-state index contributed by atoms with van der Waals surface area (Å²) in [5.41, 5.74) is 1.44. The number of rotatable bonds is 15. The lowest BCUT2D eigenvalue weighted by molar-refractivity contribution is -0.390. The Morgan fingerprint density at radius 2 is 1.15 bits per heavy atom. The Labute approximate surface area is 426 Å². The first-order valence-electron chi connectivity index (χ1n) is 26.8. The lowest BCUT2D eigenvalue weighted by atomic mass is 9.44. The first-order chi connectivity index (χ1) is 34.6. The predicted octanol–water partition coefficient (Wildman–Crippen LogP) is -1.98. The van der Waals surface area contributed by atoms with Crippen molar-refractivity contribution < 1.29 is 109 Å². The molecule has 4 saturated carbocycles. The van der Waals surface area contributed by atoms with Crippen molar-refractivity contribution in [2.75, 3.05) is 26.4 Å². The summed E-state index contributed by atoms with van der Waals surface area (Å²) in [6, 6.07) is 0. The first-order valence-corrected chi connectivity index (χ1v) is 26.8. The largest absolute Gasteiger partial charge is 0.494 e. The maximum atomic E-state index is 12.1. The Hall–Kier alpha value is -1.30. The van der Waals surface area contributed by atoms with Gasteiger partial charge in [-0.1, -0.05) is 20.8 Å². The van der Waals surface area contributed by atoms with Crippen LogP contribution in [0.2, 0.25) is 0 Å². The summed E-state index contributed by atoms with van der Waals surface area (Å²) in [4.78, 5) is 0. The molecule has 0 spiro atoms. The van der Waals surface area contributed by atoms with E-state index in [-0.39, 0.29) is 35.6 Å². The maximum Gasteiger partial charge on any atom is 0.187 e. The Morgan fingerprint density at radius 1 is 0.575 bits per heavy atom. The summed E-state index contributed by atoms with van der Waals surface area (Å²) in [7, 11) is 0. The van der Waals surface area contributed by atoms with Gasteiger partial charge in [-0.3, -0.25) is 0 Å². The zero-order valence-corrected chi connectivity index (χ0v) is 42.6. The summed E-state index contributed by atoms with van der Waals surface area (Å²) in [6.45, 7) is 8.95. The lowest BCUT2D eigenvalue weighted by Gasteiger charge is -2.61. The molecule has 8 fully saturated rings. The fourth-order valence-electron chi connectivity index (χ4n) is 15.1. The molecule has 9 rings (SSSR count). The number of hydrogen-bond acceptors (Lipinski definition) is 22. The molecule has 420 valence electrons. The van der Waals surface area contributed by atoms with E-state index in [9.17, 15) is 66.4 Å². The van der Waals surface area contributed by atoms with Gasteiger partial charge < -0.3 is 109 Å². The van der Waals surface area contributed by atoms with Gasteiger partial charge in [0.05, 0.1) is 44.4 Å². The minimum Gasteiger partial charge on any atom is -0.494 e. The molecular formula is C51H84O22. The fraction of sp³-hybridized carbons (Fsp3) is 0.961. The second-order valence-corrected chi connectivity index (χ2v) is 23.7. The van der Waals surface area contributed by atoms with Gasteiger partial charge in [0, 0.05) is 12.3 Å². The third-order valence-electron chi connectivity index (χ3n) is 19.4. The van der Waals surface area contributed by atoms with Crippen LogP contribution < -0.4 is 0 Å². The minimum atomic E-state index is -1.84. The molecule has 0 bridgehead atoms. The van der Waals surface area contributed by atoms with E-state index >= 15 is 0 Å². The normalized spacial score (nSPS) is 53.5. The molecule has 5 heterocycles. The molecule has 22 heteroatoms. The third kappa shape index (κ3) is 10.3. The summed E-state index contributed by atoms with van der Waals surface area (Å²) in [5.74, 6) is 3.27. The topological polar surface area (TPSA) is 346 Å². The molecule has 0 radical (unpaired) electrons. The van der Waals surface area contributed by atoms with E-state index in [0.29, 0.717) is 42.4 Å². The Morgan fingerprint density at radius 3 is 1.81 bits per heavy atom. The van der Waals surface area contributed by atoms with Crippen LogP contribution in [-0.2, 0) is 42.6 Å². The van der Waals surface area contributed by atoms with E-state index in [1.165, 1.54) is 12.5 Å². The number of aliphatic hydroxyl groups excluding tert-OH is 13. The predicted molar refractivity (Wildman–Crippen MR) is 249 cm³/mol. The zero-order chi connectivity index (χ0) is 52.6. The average molecular weight is 1050 g/mol. The molecule has 30 atom stereocenters. The third-order valence-corrected chi connectivity index (χ3v) is 19.4. The van der Waals surface area contributed by atoms with Crippen LogP contribution in [-0.4, -0.2) is 228 Å². The van der Waals surface area contributed by atoms with Crippen molar-refractivity contribution in [2.24, 2.45) is 46.3 Å². The second-order valence-electron chi connectivity index (χ2n) is 23.7. The summed E-state index contributed by atoms with van der Waals surface area (Å²) < 4.78 is 54.7. The highest BCUT2D eigenvalue weighted by Crippen LogP contribution is 2.70. The van der Waals surface area contributed by atoms with Crippen molar-refractivity contribution in [2.45, 2.75) is 234 Å². The zero-order valence-electron chi connectivity index (χ0n) is 42.6. The Balaban J connectivity index is 0.836. The van der Waals surface area contributed by atoms with Crippen molar-refractivity contribution in [3.63, 3.8) is 0 Å². The number of aliphatic hydroxyl groups is 13. The average Bonchev–Trinajstić information content (AvgIpc) is 3.86. The molecular weight excluding hydrogens is 965 g/mol. The number of fused-ring (bicyclic) bond motifs is 7. The van der Waals surface area contributed by atoms with E-state index in [4.69, 9.17) is 42.6 Å². The molecule has 5 aliphatic heterocycles. The van der Waals surface area contributed by atoms with Crippen LogP contribution in [0.1, 0.15) is 98.8 Å². The smallest absolute Gasteiger partial charge is 0.187 e. The Bertz CT molecular complexity index is 1880. The van der Waals surface area contributed by atoms with Gasteiger partial charge >= 0.3 is 0 Å². The van der Waals surface area contributed by atoms with Crippen LogP contribution >= 0.6 is 0 Å². The van der Waals surface area contributed by atoms with Gasteiger partial charge in [0.2, 0.25) is 0 Å². The second kappa shape index (κ2) is 22.4. The quantitative estimate of drug-likeness (QED) is 0.0791. The van der Waals surface area contributed by atoms with Crippen LogP contribution in [0.5, 0.6) is 0 Å². The molecule has 9 aliphatic rings. The van der Waals surface area contributed by atoms with Gasteiger partial charge in [0.25, 0.3) is 0 Å². The van der Waals surface area contributed by atoms with Crippen LogP contribution in [0.25, 0.3) is 0 Å². The molecule has 0 aromatic heterocycles. The van der Waals surface area contributed by atoms with Gasteiger partial charge in [-0.05, 0) is 118 Å². The maximum absolute atomic E-state index is 12.1. The van der Waals surface area contributed by atoms with Crippen molar-refractivity contribution in [3.05, 3.63) is 11.3 Å². The van der Waals surface area contributed by atoms with Gasteiger partial charge in [-0.15, -0.1) is 0 Å². The van der Waals surface area contributed by atoms with Gasteiger partial charge in [0.15, 0.2) is 25.2 Å². The van der Waals surface area contributed by atoms with Crippen molar-refractivity contribution in [1.29, 1.82) is 0 Å². The van der Waals surface area contributed by atoms with E-state index in [1.54, 1.807) is 0 Å². The molecule has 13 N–H and O–H groups in total. The highest BCUT2D eigenvalue weighted by molar-refractivity contribution is 5.27. The molecule has 22 nitrogen and oxygen atoms in total. The highest BCUT2D eigenvalue weighted by atomic mass is 16.8. The van der Waals surface area contributed by atoms with Crippen molar-refractivity contribution in [3.8, 4) is 0 Å². The monoisotopic (exact) mass is 1050 g/mol. The summed E-state index contributed by atoms with van der Waals surface area (Å²) in [5, 5.41) is 136. The van der Waals surface area contributed by atoms with Crippen LogP contribution in [0.3, 0.4) is 0 Å². The van der Waals surface area contributed by atoms with Crippen molar-refractivity contribution >= 4 is 0 Å². The Kier molecular flexibility index (Phi) is 17.3. The van der Waals surface area contributed by atoms with Crippen LogP contribution in [0, 0.1) is 46.3 Å². The summed E-state index contributed by atoms with van der Waals surface area (Å²) >= 11 is 0. The number of allylic oxidation sites excluding steroid dienone is 1. The van der Waals surface area contributed by atoms with Gasteiger partial charge in [-0.2, -0.15) is 0 Å². The van der Waals surface area contributed by atoms with E-state index in [1.807, 2.05) is 6.92 Å². The van der Waals surface area contributed by atoms with E-state index in [2.05, 4.69) is 20.8 Å². The van der Waals surface area contributed by atoms with E-state index in [0.717, 1.165) is 57.1 Å². The van der Waals surface area contributed by atoms with Gasteiger partial charge in [-0.25, -0.2) is 0 Å². The SMILES string of the molecule is CC1=C(CC[C@@H](C)CO[C@@H]2O[C@H](CO)[C@@H](O)[C@H](O)[C@H]2O)O[C@H]2C[C@H]3[C@@H]4CC[C@@H]5C[C@@H](O[C@@H]6O[C@H](CO)[C@@H](O[C@@H]7O[C@H](CO)[C@@H](O)[C@H](O)[C@H]7O)[C@H](O)[C@H]6O[C@H]6O[C@@H](C)[C@H](O)[C@@H](O)[C@H]6O)CC[C@]5(C)[C@H]4CC[C@]3(C)[C@@H]12. The van der Waals surface area contributed by atoms with Crippen molar-refractivity contribution in [1.82, 2.24) is 0 Å². The number of hydrogen-bond donors (Lipinski definition) is 13. The lowest BCUT2D eigenvalue weighted by Crippen LogP contribution is -2.67. The van der Waals surface area contributed by atoms with Crippen LogP contribution in [0.15, 0.2) is 11.3 Å². The molecule has 0 unspecified atom stereocenters. The van der Waals surface area contributed by atoms with Gasteiger partial charge in [0.1, 0.15) is 97.7 Å². The fourth-order valence-corrected chi connectivity index (χ4v) is 15.1. The summed E-state index contributed by atoms with van der Waals surface area (Å²) in [6.07, 6.45) is -21.1. The highest BCUT2D eigenvalue weighted by Gasteiger charge is 2.65. The molecule has 0 aromatic rings. The minimum absolute atomic E-state index is 0.0283. The molecule has 0 aromatic carbocycles. The molecule has 4 saturated heterocycles.